The molecular formula is C12H24O3Si. The van der Waals surface area contributed by atoms with E-state index in [2.05, 4.69) is 0 Å². The van der Waals surface area contributed by atoms with E-state index in [1.807, 2.05) is 20.8 Å². The SMILES string of the molecule is CC(C)O[SiH2]C(C)C(=O)OC1CCCCC1. The van der Waals surface area contributed by atoms with E-state index in [9.17, 15) is 4.79 Å². The summed E-state index contributed by atoms with van der Waals surface area (Å²) in [6, 6.07) is 0. The van der Waals surface area contributed by atoms with Gasteiger partial charge in [-0.2, -0.15) is 0 Å². The summed E-state index contributed by atoms with van der Waals surface area (Å²) in [6.45, 7) is 5.94. The normalized spacial score (nSPS) is 20.5. The summed E-state index contributed by atoms with van der Waals surface area (Å²) in [6.07, 6.45) is 6.19. The number of carbonyl (C=O) groups excluding carboxylic acids is 1. The van der Waals surface area contributed by atoms with Crippen molar-refractivity contribution in [2.75, 3.05) is 0 Å². The van der Waals surface area contributed by atoms with Crippen LogP contribution in [0.25, 0.3) is 0 Å². The number of hydrogen-bond acceptors (Lipinski definition) is 3. The summed E-state index contributed by atoms with van der Waals surface area (Å²) >= 11 is 0. The molecule has 0 heterocycles. The fourth-order valence-electron chi connectivity index (χ4n) is 1.87. The van der Waals surface area contributed by atoms with Crippen molar-refractivity contribution < 1.29 is 14.0 Å². The second kappa shape index (κ2) is 7.07. The molecule has 0 amide bonds. The summed E-state index contributed by atoms with van der Waals surface area (Å²) in [5.41, 5.74) is -0.00988. The Morgan fingerprint density at radius 3 is 2.38 bits per heavy atom. The molecule has 0 aromatic carbocycles. The second-order valence-electron chi connectivity index (χ2n) is 4.98. The van der Waals surface area contributed by atoms with Gasteiger partial charge in [0.1, 0.15) is 6.10 Å². The highest BCUT2D eigenvalue weighted by atomic mass is 28.2. The molecule has 0 radical (unpaired) electrons. The molecule has 0 aromatic heterocycles. The lowest BCUT2D eigenvalue weighted by Gasteiger charge is -2.23. The Morgan fingerprint density at radius 2 is 1.81 bits per heavy atom. The molecule has 1 fully saturated rings. The van der Waals surface area contributed by atoms with Gasteiger partial charge >= 0.3 is 5.97 Å². The van der Waals surface area contributed by atoms with E-state index in [4.69, 9.17) is 9.16 Å². The van der Waals surface area contributed by atoms with Crippen LogP contribution in [0.3, 0.4) is 0 Å². The molecule has 3 nitrogen and oxygen atoms in total. The zero-order valence-corrected chi connectivity index (χ0v) is 12.1. The van der Waals surface area contributed by atoms with Crippen molar-refractivity contribution in [1.29, 1.82) is 0 Å². The topological polar surface area (TPSA) is 35.5 Å². The zero-order valence-electron chi connectivity index (χ0n) is 10.7. The smallest absolute Gasteiger partial charge is 0.307 e. The molecule has 1 unspecified atom stereocenters. The Kier molecular flexibility index (Phi) is 6.06. The number of rotatable bonds is 5. The zero-order chi connectivity index (χ0) is 12.0. The molecule has 0 bridgehead atoms. The average molecular weight is 244 g/mol. The molecule has 0 N–H and O–H groups in total. The van der Waals surface area contributed by atoms with Crippen LogP contribution in [0.1, 0.15) is 52.9 Å². The fraction of sp³-hybridized carbons (Fsp3) is 0.917. The monoisotopic (exact) mass is 244 g/mol. The minimum atomic E-state index is -0.780. The quantitative estimate of drug-likeness (QED) is 0.549. The van der Waals surface area contributed by atoms with Crippen molar-refractivity contribution in [3.05, 3.63) is 0 Å². The molecular weight excluding hydrogens is 220 g/mol. The van der Waals surface area contributed by atoms with Crippen LogP contribution in [0.4, 0.5) is 0 Å². The largest absolute Gasteiger partial charge is 0.462 e. The molecule has 1 aliphatic carbocycles. The van der Waals surface area contributed by atoms with Crippen molar-refractivity contribution >= 4 is 15.7 Å². The first-order valence-corrected chi connectivity index (χ1v) is 7.81. The van der Waals surface area contributed by atoms with Crippen LogP contribution in [0.2, 0.25) is 5.54 Å². The molecule has 16 heavy (non-hydrogen) atoms. The van der Waals surface area contributed by atoms with E-state index >= 15 is 0 Å². The molecule has 4 heteroatoms. The molecule has 0 spiro atoms. The Bertz CT molecular complexity index is 212. The Labute approximate surface area is 101 Å². The highest BCUT2D eigenvalue weighted by Crippen LogP contribution is 2.22. The second-order valence-corrected chi connectivity index (χ2v) is 6.87. The van der Waals surface area contributed by atoms with E-state index < -0.39 is 9.76 Å². The third kappa shape index (κ3) is 5.12. The van der Waals surface area contributed by atoms with Gasteiger partial charge in [-0.25, -0.2) is 0 Å². The fourth-order valence-corrected chi connectivity index (χ4v) is 2.77. The van der Waals surface area contributed by atoms with Crippen LogP contribution in [-0.4, -0.2) is 27.9 Å². The van der Waals surface area contributed by atoms with Gasteiger partial charge in [0, 0.05) is 6.10 Å². The van der Waals surface area contributed by atoms with Crippen LogP contribution in [-0.2, 0) is 14.0 Å². The molecule has 1 rings (SSSR count). The Balaban J connectivity index is 2.22. The Morgan fingerprint density at radius 1 is 1.19 bits per heavy atom. The van der Waals surface area contributed by atoms with Gasteiger partial charge in [-0.05, 0) is 39.5 Å². The van der Waals surface area contributed by atoms with Gasteiger partial charge in [0.05, 0.1) is 5.54 Å². The lowest BCUT2D eigenvalue weighted by Crippen LogP contribution is -2.26. The van der Waals surface area contributed by atoms with E-state index in [0.29, 0.717) is 0 Å². The van der Waals surface area contributed by atoms with Crippen LogP contribution < -0.4 is 0 Å². The third-order valence-corrected chi connectivity index (χ3v) is 4.61. The van der Waals surface area contributed by atoms with Crippen molar-refractivity contribution in [1.82, 2.24) is 0 Å². The van der Waals surface area contributed by atoms with E-state index in [1.54, 1.807) is 0 Å². The van der Waals surface area contributed by atoms with Crippen molar-refractivity contribution in [2.45, 2.75) is 70.6 Å². The number of ether oxygens (including phenoxy) is 1. The molecule has 0 aliphatic heterocycles. The maximum Gasteiger partial charge on any atom is 0.307 e. The first-order chi connectivity index (χ1) is 7.59. The molecule has 1 saturated carbocycles. The van der Waals surface area contributed by atoms with E-state index in [-0.39, 0.29) is 23.7 Å². The highest BCUT2D eigenvalue weighted by Gasteiger charge is 2.22. The number of esters is 1. The minimum Gasteiger partial charge on any atom is -0.462 e. The lowest BCUT2D eigenvalue weighted by molar-refractivity contribution is -0.150. The number of carbonyl (C=O) groups is 1. The van der Waals surface area contributed by atoms with Crippen LogP contribution in [0, 0.1) is 0 Å². The first kappa shape index (κ1) is 13.7. The van der Waals surface area contributed by atoms with Crippen LogP contribution in [0.5, 0.6) is 0 Å². The van der Waals surface area contributed by atoms with Gasteiger partial charge in [0.15, 0.2) is 9.76 Å². The predicted molar refractivity (Wildman–Crippen MR) is 67.2 cm³/mol. The van der Waals surface area contributed by atoms with Gasteiger partial charge in [0.25, 0.3) is 0 Å². The summed E-state index contributed by atoms with van der Waals surface area (Å²) in [5.74, 6) is -0.0424. The van der Waals surface area contributed by atoms with Gasteiger partial charge in [-0.3, -0.25) is 4.79 Å². The maximum atomic E-state index is 11.8. The molecule has 1 aliphatic rings. The van der Waals surface area contributed by atoms with Crippen LogP contribution in [0.15, 0.2) is 0 Å². The predicted octanol–water partition coefficient (Wildman–Crippen LogP) is 2.18. The van der Waals surface area contributed by atoms with Crippen molar-refractivity contribution in [3.8, 4) is 0 Å². The van der Waals surface area contributed by atoms with E-state index in [1.165, 1.54) is 19.3 Å². The average Bonchev–Trinajstić information content (AvgIpc) is 2.27. The van der Waals surface area contributed by atoms with Gasteiger partial charge < -0.3 is 9.16 Å². The first-order valence-electron chi connectivity index (χ1n) is 6.41. The van der Waals surface area contributed by atoms with Crippen molar-refractivity contribution in [2.24, 2.45) is 0 Å². The lowest BCUT2D eigenvalue weighted by atomic mass is 9.98. The molecule has 0 saturated heterocycles. The molecule has 0 aromatic rings. The van der Waals surface area contributed by atoms with E-state index in [0.717, 1.165) is 12.8 Å². The van der Waals surface area contributed by atoms with Crippen molar-refractivity contribution in [3.63, 3.8) is 0 Å². The van der Waals surface area contributed by atoms with Gasteiger partial charge in [0.2, 0.25) is 0 Å². The number of hydrogen-bond donors (Lipinski definition) is 0. The molecule has 1 atom stereocenters. The standard InChI is InChI=1S/C12H24O3Si/c1-9(2)15-16-10(3)12(13)14-11-7-5-4-6-8-11/h9-11H,4-8,16H2,1-3H3. The third-order valence-electron chi connectivity index (χ3n) is 2.92. The van der Waals surface area contributed by atoms with Gasteiger partial charge in [-0.15, -0.1) is 0 Å². The molecule has 94 valence electrons. The Hall–Kier alpha value is -0.353. The van der Waals surface area contributed by atoms with Gasteiger partial charge in [-0.1, -0.05) is 13.3 Å². The summed E-state index contributed by atoms with van der Waals surface area (Å²) in [4.78, 5) is 11.8. The summed E-state index contributed by atoms with van der Waals surface area (Å²) in [7, 11) is -0.780. The minimum absolute atomic E-state index is 0.00988. The highest BCUT2D eigenvalue weighted by molar-refractivity contribution is 6.36. The summed E-state index contributed by atoms with van der Waals surface area (Å²) in [5, 5.41) is 0. The maximum absolute atomic E-state index is 11.8. The summed E-state index contributed by atoms with van der Waals surface area (Å²) < 4.78 is 11.1. The van der Waals surface area contributed by atoms with Crippen LogP contribution >= 0.6 is 0 Å².